The summed E-state index contributed by atoms with van der Waals surface area (Å²) in [6, 6.07) is 23.0. The summed E-state index contributed by atoms with van der Waals surface area (Å²) >= 11 is 0. The molecule has 4 rings (SSSR count). The number of sulfonamides is 1. The molecule has 0 aliphatic heterocycles. The summed E-state index contributed by atoms with van der Waals surface area (Å²) in [4.78, 5) is 28.3. The molecule has 3 aromatic carbocycles. The van der Waals surface area contributed by atoms with Gasteiger partial charge in [-0.3, -0.25) is 9.59 Å². The molecule has 2 amide bonds. The summed E-state index contributed by atoms with van der Waals surface area (Å²) in [6.07, 6.45) is 2.36. The van der Waals surface area contributed by atoms with E-state index in [1.807, 2.05) is 54.6 Å². The van der Waals surface area contributed by atoms with Crippen molar-refractivity contribution in [3.8, 4) is 5.75 Å². The van der Waals surface area contributed by atoms with E-state index in [0.29, 0.717) is 19.5 Å². The number of carbonyl (C=O) groups excluding carboxylic acids is 2. The first-order valence-corrected chi connectivity index (χ1v) is 14.6. The summed E-state index contributed by atoms with van der Waals surface area (Å²) in [5.74, 6) is 0.343. The molecule has 2 N–H and O–H groups in total. The Balaban J connectivity index is 1.39. The Morgan fingerprint density at radius 3 is 2.18 bits per heavy atom. The van der Waals surface area contributed by atoms with E-state index in [4.69, 9.17) is 4.74 Å². The molecule has 1 saturated carbocycles. The predicted molar refractivity (Wildman–Crippen MR) is 149 cm³/mol. The van der Waals surface area contributed by atoms with Crippen LogP contribution in [0.3, 0.4) is 0 Å². The van der Waals surface area contributed by atoms with Crippen LogP contribution in [0.5, 0.6) is 5.75 Å². The Morgan fingerprint density at radius 1 is 0.923 bits per heavy atom. The molecule has 39 heavy (non-hydrogen) atoms. The fourth-order valence-electron chi connectivity index (χ4n) is 4.16. The molecule has 1 atom stereocenters. The third kappa shape index (κ3) is 8.15. The van der Waals surface area contributed by atoms with Gasteiger partial charge in [0.05, 0.1) is 12.0 Å². The molecule has 8 nitrogen and oxygen atoms in total. The van der Waals surface area contributed by atoms with Crippen LogP contribution in [0, 0.1) is 0 Å². The van der Waals surface area contributed by atoms with Crippen molar-refractivity contribution in [2.24, 2.45) is 0 Å². The van der Waals surface area contributed by atoms with Crippen molar-refractivity contribution in [1.29, 1.82) is 0 Å². The average molecular weight is 550 g/mol. The molecular formula is C30H35N3O5S. The van der Waals surface area contributed by atoms with Gasteiger partial charge >= 0.3 is 0 Å². The Labute approximate surface area is 230 Å². The molecule has 0 bridgehead atoms. The van der Waals surface area contributed by atoms with Gasteiger partial charge in [0, 0.05) is 25.6 Å². The number of rotatable bonds is 13. The van der Waals surface area contributed by atoms with Crippen molar-refractivity contribution >= 4 is 21.8 Å². The van der Waals surface area contributed by atoms with Crippen LogP contribution in [0.2, 0.25) is 0 Å². The Bertz CT molecular complexity index is 1360. The Morgan fingerprint density at radius 2 is 1.56 bits per heavy atom. The fraction of sp³-hybridized carbons (Fsp3) is 0.333. The van der Waals surface area contributed by atoms with Crippen LogP contribution in [0.4, 0.5) is 0 Å². The molecule has 1 unspecified atom stereocenters. The second kappa shape index (κ2) is 12.9. The second-order valence-corrected chi connectivity index (χ2v) is 11.5. The van der Waals surface area contributed by atoms with Gasteiger partial charge in [-0.25, -0.2) is 13.1 Å². The average Bonchev–Trinajstić information content (AvgIpc) is 3.77. The minimum Gasteiger partial charge on any atom is -0.497 e. The van der Waals surface area contributed by atoms with E-state index in [2.05, 4.69) is 10.0 Å². The summed E-state index contributed by atoms with van der Waals surface area (Å²) in [6.45, 7) is 2.38. The van der Waals surface area contributed by atoms with Crippen molar-refractivity contribution in [3.05, 3.63) is 95.6 Å². The van der Waals surface area contributed by atoms with Crippen molar-refractivity contribution in [3.63, 3.8) is 0 Å². The maximum absolute atomic E-state index is 13.4. The summed E-state index contributed by atoms with van der Waals surface area (Å²) in [7, 11) is -1.92. The van der Waals surface area contributed by atoms with Gasteiger partial charge in [-0.2, -0.15) is 0 Å². The predicted octanol–water partition coefficient (Wildman–Crippen LogP) is 3.80. The number of aryl methyl sites for hydroxylation is 1. The molecule has 0 spiro atoms. The highest BCUT2D eigenvalue weighted by Gasteiger charge is 2.28. The van der Waals surface area contributed by atoms with E-state index < -0.39 is 16.1 Å². The minimum atomic E-state index is -3.52. The van der Waals surface area contributed by atoms with Gasteiger partial charge < -0.3 is 15.0 Å². The molecule has 206 valence electrons. The molecule has 1 aliphatic carbocycles. The van der Waals surface area contributed by atoms with E-state index in [9.17, 15) is 18.0 Å². The lowest BCUT2D eigenvalue weighted by Gasteiger charge is -2.29. The van der Waals surface area contributed by atoms with Gasteiger partial charge in [0.25, 0.3) is 0 Å². The molecule has 9 heteroatoms. The smallest absolute Gasteiger partial charge is 0.242 e. The Hall–Kier alpha value is -3.69. The van der Waals surface area contributed by atoms with Crippen LogP contribution in [-0.2, 0) is 39.1 Å². The van der Waals surface area contributed by atoms with Crippen molar-refractivity contribution in [2.75, 3.05) is 7.11 Å². The van der Waals surface area contributed by atoms with E-state index in [-0.39, 0.29) is 29.2 Å². The van der Waals surface area contributed by atoms with Gasteiger partial charge in [-0.1, -0.05) is 54.6 Å². The molecule has 3 aromatic rings. The van der Waals surface area contributed by atoms with Gasteiger partial charge in [-0.15, -0.1) is 0 Å². The zero-order valence-electron chi connectivity index (χ0n) is 22.3. The van der Waals surface area contributed by atoms with Gasteiger partial charge in [0.1, 0.15) is 11.8 Å². The third-order valence-electron chi connectivity index (χ3n) is 6.75. The number of nitrogens with one attached hydrogen (secondary N) is 2. The minimum absolute atomic E-state index is 0.0401. The van der Waals surface area contributed by atoms with Crippen LogP contribution in [0.15, 0.2) is 83.8 Å². The number of hydrogen-bond donors (Lipinski definition) is 2. The molecular weight excluding hydrogens is 514 g/mol. The highest BCUT2D eigenvalue weighted by molar-refractivity contribution is 7.89. The van der Waals surface area contributed by atoms with Gasteiger partial charge in [-0.05, 0) is 67.1 Å². The van der Waals surface area contributed by atoms with Crippen LogP contribution in [0.25, 0.3) is 0 Å². The molecule has 1 fully saturated rings. The molecule has 0 heterocycles. The highest BCUT2D eigenvalue weighted by Crippen LogP contribution is 2.22. The van der Waals surface area contributed by atoms with Crippen molar-refractivity contribution in [2.45, 2.75) is 62.7 Å². The number of amides is 2. The maximum atomic E-state index is 13.4. The van der Waals surface area contributed by atoms with Crippen molar-refractivity contribution in [1.82, 2.24) is 14.9 Å². The molecule has 0 aromatic heterocycles. The molecule has 0 saturated heterocycles. The number of methoxy groups -OCH3 is 1. The number of hydrogen-bond acceptors (Lipinski definition) is 5. The van der Waals surface area contributed by atoms with E-state index >= 15 is 0 Å². The Kier molecular flexibility index (Phi) is 9.37. The summed E-state index contributed by atoms with van der Waals surface area (Å²) in [5, 5.41) is 2.93. The lowest BCUT2D eigenvalue weighted by molar-refractivity contribution is -0.140. The molecule has 0 radical (unpaired) electrons. The number of carbonyl (C=O) groups is 2. The standard InChI is InChI=1S/C30H35N3O5S/c1-22(30(35)31-20-24-8-15-27(38-2)16-9-24)33(21-25-6-4-3-5-7-25)29(34)19-12-23-10-17-28(18-11-23)39(36,37)32-26-13-14-26/h3-11,15-18,22,26,32H,12-14,19-21H2,1-2H3,(H,31,35). The monoisotopic (exact) mass is 549 g/mol. The van der Waals surface area contributed by atoms with Gasteiger partial charge in [0.2, 0.25) is 21.8 Å². The fourth-order valence-corrected chi connectivity index (χ4v) is 5.47. The number of nitrogens with zero attached hydrogens (tertiary/aromatic N) is 1. The number of benzene rings is 3. The zero-order chi connectivity index (χ0) is 27.8. The van der Waals surface area contributed by atoms with Gasteiger partial charge in [0.15, 0.2) is 0 Å². The van der Waals surface area contributed by atoms with Crippen LogP contribution >= 0.6 is 0 Å². The quantitative estimate of drug-likeness (QED) is 0.338. The SMILES string of the molecule is COc1ccc(CNC(=O)C(C)N(Cc2ccccc2)C(=O)CCc2ccc(S(=O)(=O)NC3CC3)cc2)cc1. The zero-order valence-corrected chi connectivity index (χ0v) is 23.1. The van der Waals surface area contributed by atoms with E-state index in [0.717, 1.165) is 35.3 Å². The van der Waals surface area contributed by atoms with E-state index in [1.165, 1.54) is 0 Å². The van der Waals surface area contributed by atoms with Crippen LogP contribution in [-0.4, -0.2) is 44.3 Å². The van der Waals surface area contributed by atoms with E-state index in [1.54, 1.807) is 43.2 Å². The topological polar surface area (TPSA) is 105 Å². The normalized spacial score (nSPS) is 13.9. The summed E-state index contributed by atoms with van der Waals surface area (Å²) in [5.41, 5.74) is 2.71. The highest BCUT2D eigenvalue weighted by atomic mass is 32.2. The first kappa shape index (κ1) is 28.3. The molecule has 1 aliphatic rings. The largest absolute Gasteiger partial charge is 0.497 e. The van der Waals surface area contributed by atoms with Crippen molar-refractivity contribution < 1.29 is 22.7 Å². The maximum Gasteiger partial charge on any atom is 0.242 e. The second-order valence-electron chi connectivity index (χ2n) is 9.79. The summed E-state index contributed by atoms with van der Waals surface area (Å²) < 4.78 is 32.7. The lowest BCUT2D eigenvalue weighted by Crippen LogP contribution is -2.47. The third-order valence-corrected chi connectivity index (χ3v) is 8.29. The number of ether oxygens (including phenoxy) is 1. The lowest BCUT2D eigenvalue weighted by atomic mass is 10.1. The van der Waals surface area contributed by atoms with Crippen LogP contribution < -0.4 is 14.8 Å². The first-order valence-electron chi connectivity index (χ1n) is 13.1. The first-order chi connectivity index (χ1) is 18.7. The van der Waals surface area contributed by atoms with Crippen LogP contribution in [0.1, 0.15) is 42.9 Å².